The van der Waals surface area contributed by atoms with Crippen molar-refractivity contribution in [3.63, 3.8) is 0 Å². The molecule has 3 heterocycles. The third kappa shape index (κ3) is 3.97. The Balaban J connectivity index is 1.22. The first-order valence-electron chi connectivity index (χ1n) is 12.9. The standard InChI is InChI=1S/C31H26N4O2/c32-17-20-1-9-28-27(15-20)33-30(35(28)19-21-11-13-34(18-21)31(36)24-6-7-24)23-4-2-22(3-5-23)25-8-10-29-26(16-25)12-14-37-29/h1-5,8-10,12,14-16,21,24H,6-7,11,13,18-19H2. The first-order valence-corrected chi connectivity index (χ1v) is 12.9. The average Bonchev–Trinajstić information content (AvgIpc) is 3.33. The predicted molar refractivity (Wildman–Crippen MR) is 143 cm³/mol. The van der Waals surface area contributed by atoms with Crippen molar-refractivity contribution in [1.29, 1.82) is 5.26 Å². The number of hydrogen-bond acceptors (Lipinski definition) is 4. The van der Waals surface area contributed by atoms with Gasteiger partial charge in [-0.15, -0.1) is 0 Å². The van der Waals surface area contributed by atoms with Crippen molar-refractivity contribution in [2.45, 2.75) is 25.8 Å². The Bertz CT molecular complexity index is 1680. The van der Waals surface area contributed by atoms with E-state index in [2.05, 4.69) is 51.9 Å². The van der Waals surface area contributed by atoms with Gasteiger partial charge in [-0.25, -0.2) is 4.98 Å². The number of imidazole rings is 1. The molecule has 0 spiro atoms. The number of furan rings is 1. The molecule has 1 aliphatic heterocycles. The summed E-state index contributed by atoms with van der Waals surface area (Å²) in [5.41, 5.74) is 6.64. The minimum absolute atomic E-state index is 0.264. The van der Waals surface area contributed by atoms with Crippen LogP contribution in [0.25, 0.3) is 44.5 Å². The van der Waals surface area contributed by atoms with Crippen molar-refractivity contribution in [1.82, 2.24) is 14.5 Å². The summed E-state index contributed by atoms with van der Waals surface area (Å²) in [5, 5.41) is 10.5. The van der Waals surface area contributed by atoms with Gasteiger partial charge in [-0.3, -0.25) is 4.79 Å². The molecule has 0 N–H and O–H groups in total. The lowest BCUT2D eigenvalue weighted by Gasteiger charge is -2.18. The highest BCUT2D eigenvalue weighted by molar-refractivity contribution is 5.85. The molecule has 182 valence electrons. The van der Waals surface area contributed by atoms with Crippen molar-refractivity contribution in [2.75, 3.05) is 13.1 Å². The molecule has 1 aliphatic carbocycles. The van der Waals surface area contributed by atoms with E-state index in [1.165, 1.54) is 0 Å². The Hall–Kier alpha value is -4.37. The quantitative estimate of drug-likeness (QED) is 0.294. The molecule has 1 saturated carbocycles. The molecule has 1 amide bonds. The summed E-state index contributed by atoms with van der Waals surface area (Å²) in [4.78, 5) is 19.6. The fraction of sp³-hybridized carbons (Fsp3) is 0.258. The molecule has 1 atom stereocenters. The fourth-order valence-electron chi connectivity index (χ4n) is 5.59. The van der Waals surface area contributed by atoms with Gasteiger partial charge in [0.05, 0.1) is 28.9 Å². The molecule has 2 aliphatic rings. The zero-order chi connectivity index (χ0) is 24.9. The first-order chi connectivity index (χ1) is 18.2. The van der Waals surface area contributed by atoms with Crippen molar-refractivity contribution >= 4 is 27.9 Å². The summed E-state index contributed by atoms with van der Waals surface area (Å²) in [6.45, 7) is 2.45. The lowest BCUT2D eigenvalue weighted by molar-refractivity contribution is -0.131. The van der Waals surface area contributed by atoms with Crippen LogP contribution >= 0.6 is 0 Å². The SMILES string of the molecule is N#Cc1ccc2c(c1)nc(-c1ccc(-c3ccc4occc4c3)cc1)n2CC1CCN(C(=O)C2CC2)C1. The molecule has 6 nitrogen and oxygen atoms in total. The maximum absolute atomic E-state index is 12.6. The van der Waals surface area contributed by atoms with E-state index in [1.54, 1.807) is 6.26 Å². The number of likely N-dealkylation sites (tertiary alicyclic amines) is 1. The Morgan fingerprint density at radius 1 is 0.973 bits per heavy atom. The summed E-state index contributed by atoms with van der Waals surface area (Å²) >= 11 is 0. The molecule has 3 aromatic carbocycles. The molecule has 5 aromatic rings. The second-order valence-electron chi connectivity index (χ2n) is 10.3. The minimum atomic E-state index is 0.264. The maximum Gasteiger partial charge on any atom is 0.225 e. The predicted octanol–water partition coefficient (Wildman–Crippen LogP) is 6.25. The number of amides is 1. The summed E-state index contributed by atoms with van der Waals surface area (Å²) in [6, 6.07) is 24.7. The second-order valence-corrected chi connectivity index (χ2v) is 10.3. The number of aromatic nitrogens is 2. The van der Waals surface area contributed by atoms with Crippen LogP contribution in [0.15, 0.2) is 77.4 Å². The van der Waals surface area contributed by atoms with Crippen LogP contribution in [0.4, 0.5) is 0 Å². The number of fused-ring (bicyclic) bond motifs is 2. The number of carbonyl (C=O) groups is 1. The summed E-state index contributed by atoms with van der Waals surface area (Å²) in [6.07, 6.45) is 4.81. The molecule has 1 saturated heterocycles. The molecule has 6 heteroatoms. The highest BCUT2D eigenvalue weighted by Gasteiger charge is 2.36. The Labute approximate surface area is 214 Å². The molecule has 2 aromatic heterocycles. The maximum atomic E-state index is 12.6. The molecule has 7 rings (SSSR count). The van der Waals surface area contributed by atoms with Crippen LogP contribution in [0, 0.1) is 23.2 Å². The molecule has 0 radical (unpaired) electrons. The van der Waals surface area contributed by atoms with E-state index < -0.39 is 0 Å². The van der Waals surface area contributed by atoms with E-state index >= 15 is 0 Å². The van der Waals surface area contributed by atoms with Crippen molar-refractivity contribution in [2.24, 2.45) is 11.8 Å². The van der Waals surface area contributed by atoms with Gasteiger partial charge in [-0.2, -0.15) is 5.26 Å². The van der Waals surface area contributed by atoms with Gasteiger partial charge in [-0.05, 0) is 72.7 Å². The monoisotopic (exact) mass is 486 g/mol. The zero-order valence-corrected chi connectivity index (χ0v) is 20.4. The van der Waals surface area contributed by atoms with Crippen molar-refractivity contribution in [3.8, 4) is 28.6 Å². The van der Waals surface area contributed by atoms with Crippen LogP contribution in [-0.2, 0) is 11.3 Å². The number of rotatable bonds is 5. The molecular weight excluding hydrogens is 460 g/mol. The van der Waals surface area contributed by atoms with Gasteiger partial charge >= 0.3 is 0 Å². The van der Waals surface area contributed by atoms with Crippen LogP contribution in [-0.4, -0.2) is 33.4 Å². The van der Waals surface area contributed by atoms with E-state index in [1.807, 2.05) is 30.3 Å². The molecular formula is C31H26N4O2. The molecule has 0 bridgehead atoms. The van der Waals surface area contributed by atoms with Crippen LogP contribution in [0.2, 0.25) is 0 Å². The number of hydrogen-bond donors (Lipinski definition) is 0. The van der Waals surface area contributed by atoms with E-state index in [0.29, 0.717) is 17.4 Å². The van der Waals surface area contributed by atoms with Gasteiger partial charge in [0.2, 0.25) is 5.91 Å². The van der Waals surface area contributed by atoms with Crippen LogP contribution in [0.3, 0.4) is 0 Å². The van der Waals surface area contributed by atoms with E-state index in [-0.39, 0.29) is 5.92 Å². The van der Waals surface area contributed by atoms with Gasteiger partial charge in [-0.1, -0.05) is 30.3 Å². The van der Waals surface area contributed by atoms with E-state index in [4.69, 9.17) is 9.40 Å². The third-order valence-corrected chi connectivity index (χ3v) is 7.77. The second kappa shape index (κ2) is 8.63. The largest absolute Gasteiger partial charge is 0.464 e. The number of carbonyl (C=O) groups excluding carboxylic acids is 1. The van der Waals surface area contributed by atoms with Gasteiger partial charge in [0.15, 0.2) is 0 Å². The third-order valence-electron chi connectivity index (χ3n) is 7.77. The topological polar surface area (TPSA) is 75.1 Å². The summed E-state index contributed by atoms with van der Waals surface area (Å²) in [7, 11) is 0. The highest BCUT2D eigenvalue weighted by Crippen LogP contribution is 2.35. The Morgan fingerprint density at radius 3 is 2.59 bits per heavy atom. The fourth-order valence-corrected chi connectivity index (χ4v) is 5.59. The molecule has 1 unspecified atom stereocenters. The van der Waals surface area contributed by atoms with Crippen molar-refractivity contribution < 1.29 is 9.21 Å². The van der Waals surface area contributed by atoms with Crippen molar-refractivity contribution in [3.05, 3.63) is 78.6 Å². The van der Waals surface area contributed by atoms with Gasteiger partial charge in [0, 0.05) is 36.5 Å². The van der Waals surface area contributed by atoms with E-state index in [9.17, 15) is 10.1 Å². The lowest BCUT2D eigenvalue weighted by Crippen LogP contribution is -2.30. The van der Waals surface area contributed by atoms with Gasteiger partial charge in [0.1, 0.15) is 11.4 Å². The normalized spacial score (nSPS) is 17.5. The zero-order valence-electron chi connectivity index (χ0n) is 20.4. The summed E-state index contributed by atoms with van der Waals surface area (Å²) < 4.78 is 7.76. The minimum Gasteiger partial charge on any atom is -0.464 e. The highest BCUT2D eigenvalue weighted by atomic mass is 16.3. The van der Waals surface area contributed by atoms with E-state index in [0.717, 1.165) is 83.4 Å². The number of benzene rings is 3. The van der Waals surface area contributed by atoms with Crippen LogP contribution in [0.1, 0.15) is 24.8 Å². The lowest BCUT2D eigenvalue weighted by atomic mass is 10.0. The Morgan fingerprint density at radius 2 is 1.78 bits per heavy atom. The van der Waals surface area contributed by atoms with Gasteiger partial charge < -0.3 is 13.9 Å². The van der Waals surface area contributed by atoms with Crippen LogP contribution in [0.5, 0.6) is 0 Å². The Kier molecular flexibility index (Phi) is 5.10. The average molecular weight is 487 g/mol. The smallest absolute Gasteiger partial charge is 0.225 e. The molecule has 2 fully saturated rings. The molecule has 37 heavy (non-hydrogen) atoms. The number of nitrogens with zero attached hydrogens (tertiary/aromatic N) is 4. The first kappa shape index (κ1) is 21.9. The van der Waals surface area contributed by atoms with Crippen LogP contribution < -0.4 is 0 Å². The summed E-state index contributed by atoms with van der Waals surface area (Å²) in [5.74, 6) is 1.88. The number of nitriles is 1. The van der Waals surface area contributed by atoms with Gasteiger partial charge in [0.25, 0.3) is 0 Å².